The van der Waals surface area contributed by atoms with Crippen LogP contribution in [0.4, 0.5) is 10.1 Å². The van der Waals surface area contributed by atoms with Gasteiger partial charge in [-0.3, -0.25) is 9.52 Å². The SMILES string of the molecule is CN1CCOc2ccc(NS(=O)(=O)c3ccc(F)cc3)cc2C1=O. The molecule has 2 aromatic carbocycles. The second kappa shape index (κ2) is 6.12. The minimum absolute atomic E-state index is 0.0708. The van der Waals surface area contributed by atoms with Crippen LogP contribution in [0.25, 0.3) is 0 Å². The van der Waals surface area contributed by atoms with E-state index in [2.05, 4.69) is 4.72 Å². The van der Waals surface area contributed by atoms with Gasteiger partial charge in [0.1, 0.15) is 18.2 Å². The number of carbonyl (C=O) groups excluding carboxylic acids is 1. The molecule has 1 N–H and O–H groups in total. The van der Waals surface area contributed by atoms with Gasteiger partial charge in [0.05, 0.1) is 17.0 Å². The van der Waals surface area contributed by atoms with Gasteiger partial charge >= 0.3 is 0 Å². The van der Waals surface area contributed by atoms with Gasteiger partial charge in [-0.2, -0.15) is 0 Å². The van der Waals surface area contributed by atoms with Crippen molar-refractivity contribution in [3.05, 3.63) is 53.8 Å². The van der Waals surface area contributed by atoms with Crippen LogP contribution in [-0.2, 0) is 10.0 Å². The number of benzene rings is 2. The summed E-state index contributed by atoms with van der Waals surface area (Å²) in [5.41, 5.74) is 0.514. The molecule has 1 aliphatic heterocycles. The lowest BCUT2D eigenvalue weighted by Gasteiger charge is -2.13. The summed E-state index contributed by atoms with van der Waals surface area (Å²) in [6.07, 6.45) is 0. The molecule has 0 saturated carbocycles. The molecule has 1 heterocycles. The average Bonchev–Trinajstić information content (AvgIpc) is 2.68. The van der Waals surface area contributed by atoms with E-state index < -0.39 is 15.8 Å². The van der Waals surface area contributed by atoms with Crippen LogP contribution in [-0.4, -0.2) is 39.4 Å². The molecule has 3 rings (SSSR count). The monoisotopic (exact) mass is 350 g/mol. The number of halogens is 1. The zero-order valence-electron chi connectivity index (χ0n) is 12.8. The van der Waals surface area contributed by atoms with E-state index in [-0.39, 0.29) is 22.1 Å². The maximum absolute atomic E-state index is 12.9. The Hall–Kier alpha value is -2.61. The van der Waals surface area contributed by atoms with E-state index in [0.29, 0.717) is 18.9 Å². The van der Waals surface area contributed by atoms with Gasteiger partial charge in [0.15, 0.2) is 0 Å². The molecule has 6 nitrogen and oxygen atoms in total. The summed E-state index contributed by atoms with van der Waals surface area (Å²) in [6.45, 7) is 0.819. The summed E-state index contributed by atoms with van der Waals surface area (Å²) in [4.78, 5) is 13.7. The topological polar surface area (TPSA) is 75.7 Å². The van der Waals surface area contributed by atoms with Crippen LogP contribution in [0.3, 0.4) is 0 Å². The lowest BCUT2D eigenvalue weighted by Crippen LogP contribution is -2.27. The number of likely N-dealkylation sites (N-methyl/N-ethyl adjacent to an activating group) is 1. The number of sulfonamides is 1. The standard InChI is InChI=1S/C16H15FN2O4S/c1-19-8-9-23-15-7-4-12(10-14(15)16(19)20)18-24(21,22)13-5-2-11(17)3-6-13/h2-7,10,18H,8-9H2,1H3. The van der Waals surface area contributed by atoms with Crippen LogP contribution in [0, 0.1) is 5.82 Å². The summed E-state index contributed by atoms with van der Waals surface area (Å²) in [7, 11) is -2.23. The smallest absolute Gasteiger partial charge is 0.261 e. The Morgan fingerprint density at radius 1 is 1.17 bits per heavy atom. The van der Waals surface area contributed by atoms with Crippen molar-refractivity contribution < 1.29 is 22.3 Å². The van der Waals surface area contributed by atoms with Crippen LogP contribution < -0.4 is 9.46 Å². The van der Waals surface area contributed by atoms with Gasteiger partial charge in [0.2, 0.25) is 0 Å². The number of amides is 1. The van der Waals surface area contributed by atoms with Gasteiger partial charge in [0, 0.05) is 12.7 Å². The lowest BCUT2D eigenvalue weighted by molar-refractivity contribution is 0.0796. The highest BCUT2D eigenvalue weighted by Gasteiger charge is 2.22. The van der Waals surface area contributed by atoms with Crippen molar-refractivity contribution in [1.82, 2.24) is 4.90 Å². The number of fused-ring (bicyclic) bond motifs is 1. The molecule has 126 valence electrons. The van der Waals surface area contributed by atoms with Crippen LogP contribution >= 0.6 is 0 Å². The minimum atomic E-state index is -3.88. The van der Waals surface area contributed by atoms with Crippen LogP contribution in [0.5, 0.6) is 5.75 Å². The lowest BCUT2D eigenvalue weighted by atomic mass is 10.1. The molecule has 8 heteroatoms. The third kappa shape index (κ3) is 3.18. The first-order valence-corrected chi connectivity index (χ1v) is 8.66. The number of hydrogen-bond acceptors (Lipinski definition) is 4. The number of carbonyl (C=O) groups is 1. The summed E-state index contributed by atoms with van der Waals surface area (Å²) < 4.78 is 45.5. The van der Waals surface area contributed by atoms with Crippen LogP contribution in [0.15, 0.2) is 47.4 Å². The second-order valence-corrected chi connectivity index (χ2v) is 7.03. The number of rotatable bonds is 3. The van der Waals surface area contributed by atoms with Gasteiger partial charge < -0.3 is 9.64 Å². The van der Waals surface area contributed by atoms with E-state index in [1.807, 2.05) is 0 Å². The molecule has 0 aliphatic carbocycles. The normalized spacial score (nSPS) is 14.6. The van der Waals surface area contributed by atoms with Crippen molar-refractivity contribution in [3.8, 4) is 5.75 Å². The van der Waals surface area contributed by atoms with Gasteiger partial charge in [0.25, 0.3) is 15.9 Å². The van der Waals surface area contributed by atoms with Gasteiger partial charge in [-0.05, 0) is 42.5 Å². The van der Waals surface area contributed by atoms with E-state index >= 15 is 0 Å². The van der Waals surface area contributed by atoms with Crippen molar-refractivity contribution in [2.75, 3.05) is 24.9 Å². The van der Waals surface area contributed by atoms with Crippen molar-refractivity contribution in [3.63, 3.8) is 0 Å². The predicted molar refractivity (Wildman–Crippen MR) is 86.1 cm³/mol. The Labute approximate surface area is 138 Å². The van der Waals surface area contributed by atoms with Crippen molar-refractivity contribution in [2.24, 2.45) is 0 Å². The number of nitrogens with zero attached hydrogens (tertiary/aromatic N) is 1. The van der Waals surface area contributed by atoms with E-state index in [1.54, 1.807) is 13.1 Å². The molecule has 0 unspecified atom stereocenters. The van der Waals surface area contributed by atoms with Crippen LogP contribution in [0.1, 0.15) is 10.4 Å². The number of ether oxygens (including phenoxy) is 1. The summed E-state index contributed by atoms with van der Waals surface area (Å²) in [5.74, 6) is -0.357. The van der Waals surface area contributed by atoms with Gasteiger partial charge in [-0.1, -0.05) is 0 Å². The minimum Gasteiger partial charge on any atom is -0.491 e. The Morgan fingerprint density at radius 3 is 2.58 bits per heavy atom. The van der Waals surface area contributed by atoms with Crippen molar-refractivity contribution >= 4 is 21.6 Å². The molecule has 1 amide bonds. The number of hydrogen-bond donors (Lipinski definition) is 1. The average molecular weight is 350 g/mol. The fourth-order valence-corrected chi connectivity index (χ4v) is 3.36. The Morgan fingerprint density at radius 2 is 1.88 bits per heavy atom. The Kier molecular flexibility index (Phi) is 4.15. The summed E-state index contributed by atoms with van der Waals surface area (Å²) in [5, 5.41) is 0. The Bertz CT molecular complexity index is 881. The molecule has 24 heavy (non-hydrogen) atoms. The molecule has 0 aromatic heterocycles. The molecule has 0 spiro atoms. The van der Waals surface area contributed by atoms with Gasteiger partial charge in [-0.25, -0.2) is 12.8 Å². The predicted octanol–water partition coefficient (Wildman–Crippen LogP) is 2.09. The number of anilines is 1. The maximum Gasteiger partial charge on any atom is 0.261 e. The van der Waals surface area contributed by atoms with E-state index in [9.17, 15) is 17.6 Å². The highest BCUT2D eigenvalue weighted by atomic mass is 32.2. The highest BCUT2D eigenvalue weighted by molar-refractivity contribution is 7.92. The molecule has 0 bridgehead atoms. The molecule has 1 aliphatic rings. The fourth-order valence-electron chi connectivity index (χ4n) is 2.31. The van der Waals surface area contributed by atoms with E-state index in [4.69, 9.17) is 4.74 Å². The van der Waals surface area contributed by atoms with E-state index in [1.165, 1.54) is 29.2 Å². The maximum atomic E-state index is 12.9. The molecule has 0 atom stereocenters. The van der Waals surface area contributed by atoms with Crippen molar-refractivity contribution in [2.45, 2.75) is 4.90 Å². The number of nitrogens with one attached hydrogen (secondary N) is 1. The third-order valence-corrected chi connectivity index (χ3v) is 5.01. The first kappa shape index (κ1) is 16.3. The molecule has 0 saturated heterocycles. The molecule has 0 fully saturated rings. The second-order valence-electron chi connectivity index (χ2n) is 5.35. The largest absolute Gasteiger partial charge is 0.491 e. The quantitative estimate of drug-likeness (QED) is 0.920. The Balaban J connectivity index is 1.92. The molecule has 0 radical (unpaired) electrons. The first-order chi connectivity index (χ1) is 11.4. The zero-order chi connectivity index (χ0) is 17.3. The van der Waals surface area contributed by atoms with Crippen molar-refractivity contribution in [1.29, 1.82) is 0 Å². The molecule has 2 aromatic rings. The highest BCUT2D eigenvalue weighted by Crippen LogP contribution is 2.27. The molecular weight excluding hydrogens is 335 g/mol. The van der Waals surface area contributed by atoms with Gasteiger partial charge in [-0.15, -0.1) is 0 Å². The van der Waals surface area contributed by atoms with Crippen LogP contribution in [0.2, 0.25) is 0 Å². The zero-order valence-corrected chi connectivity index (χ0v) is 13.6. The summed E-state index contributed by atoms with van der Waals surface area (Å²) in [6, 6.07) is 8.97. The first-order valence-electron chi connectivity index (χ1n) is 7.17. The fraction of sp³-hybridized carbons (Fsp3) is 0.188. The third-order valence-electron chi connectivity index (χ3n) is 3.62. The molecular formula is C16H15FN2O4S. The van der Waals surface area contributed by atoms with E-state index in [0.717, 1.165) is 12.1 Å². The summed E-state index contributed by atoms with van der Waals surface area (Å²) >= 11 is 0.